The minimum atomic E-state index is -3.45. The molecule has 9 heteroatoms. The van der Waals surface area contributed by atoms with E-state index in [-0.39, 0.29) is 29.0 Å². The van der Waals surface area contributed by atoms with Crippen molar-refractivity contribution in [2.24, 2.45) is 0 Å². The largest absolute Gasteiger partial charge is 0.459 e. The van der Waals surface area contributed by atoms with Gasteiger partial charge in [0.25, 0.3) is 5.91 Å². The molecule has 0 saturated carbocycles. The second-order valence-corrected chi connectivity index (χ2v) is 9.90. The highest BCUT2D eigenvalue weighted by Crippen LogP contribution is 2.22. The predicted molar refractivity (Wildman–Crippen MR) is 114 cm³/mol. The minimum absolute atomic E-state index is 0.214. The standard InChI is InChI=1S/C22H27N3O5S/c26-21(19-6-1-2-14-25(19)22(27)20-7-5-15-30-20)23-16-17-8-10-18(11-9-17)31(28,29)24-12-3-4-13-24/h5,7-11,15,19H,1-4,6,12-14,16H2,(H,23,26). The number of benzene rings is 1. The molecule has 166 valence electrons. The van der Waals surface area contributed by atoms with Gasteiger partial charge in [0.15, 0.2) is 5.76 Å². The molecule has 2 fully saturated rings. The van der Waals surface area contributed by atoms with Gasteiger partial charge in [0.1, 0.15) is 6.04 Å². The lowest BCUT2D eigenvalue weighted by Crippen LogP contribution is -2.51. The van der Waals surface area contributed by atoms with Gasteiger partial charge in [-0.25, -0.2) is 8.42 Å². The van der Waals surface area contributed by atoms with Crippen molar-refractivity contribution in [1.82, 2.24) is 14.5 Å². The van der Waals surface area contributed by atoms with Gasteiger partial charge in [-0.3, -0.25) is 9.59 Å². The van der Waals surface area contributed by atoms with Crippen LogP contribution >= 0.6 is 0 Å². The number of carbonyl (C=O) groups excluding carboxylic acids is 2. The molecule has 2 saturated heterocycles. The third kappa shape index (κ3) is 4.67. The molecule has 3 heterocycles. The van der Waals surface area contributed by atoms with Gasteiger partial charge in [-0.1, -0.05) is 12.1 Å². The van der Waals surface area contributed by atoms with Crippen molar-refractivity contribution in [3.8, 4) is 0 Å². The highest BCUT2D eigenvalue weighted by molar-refractivity contribution is 7.89. The Balaban J connectivity index is 1.38. The van der Waals surface area contributed by atoms with Crippen LogP contribution in [0.3, 0.4) is 0 Å². The summed E-state index contributed by atoms with van der Waals surface area (Å²) < 4.78 is 32.0. The number of carbonyl (C=O) groups is 2. The summed E-state index contributed by atoms with van der Waals surface area (Å²) >= 11 is 0. The molecule has 1 unspecified atom stereocenters. The zero-order valence-electron chi connectivity index (χ0n) is 17.3. The van der Waals surface area contributed by atoms with Crippen molar-refractivity contribution in [3.05, 3.63) is 54.0 Å². The molecule has 2 aliphatic heterocycles. The molecule has 2 aromatic rings. The SMILES string of the molecule is O=C(NCc1ccc(S(=O)(=O)N2CCCC2)cc1)C1CCCCN1C(=O)c1ccco1. The van der Waals surface area contributed by atoms with Gasteiger partial charge in [0.2, 0.25) is 15.9 Å². The van der Waals surface area contributed by atoms with Crippen LogP contribution in [0.4, 0.5) is 0 Å². The molecule has 31 heavy (non-hydrogen) atoms. The van der Waals surface area contributed by atoms with Gasteiger partial charge in [0.05, 0.1) is 11.2 Å². The Bertz CT molecular complexity index is 1010. The number of likely N-dealkylation sites (tertiary alicyclic amines) is 1. The second-order valence-electron chi connectivity index (χ2n) is 7.96. The Labute approximate surface area is 182 Å². The summed E-state index contributed by atoms with van der Waals surface area (Å²) in [4.78, 5) is 27.3. The van der Waals surface area contributed by atoms with Gasteiger partial charge >= 0.3 is 0 Å². The van der Waals surface area contributed by atoms with Gasteiger partial charge in [0, 0.05) is 26.2 Å². The van der Waals surface area contributed by atoms with E-state index >= 15 is 0 Å². The zero-order chi connectivity index (χ0) is 21.8. The molecule has 1 N–H and O–H groups in total. The van der Waals surface area contributed by atoms with Crippen LogP contribution in [-0.2, 0) is 21.4 Å². The van der Waals surface area contributed by atoms with Crippen molar-refractivity contribution in [1.29, 1.82) is 0 Å². The van der Waals surface area contributed by atoms with Crippen molar-refractivity contribution >= 4 is 21.8 Å². The molecule has 0 radical (unpaired) electrons. The highest BCUT2D eigenvalue weighted by Gasteiger charge is 2.33. The molecule has 0 bridgehead atoms. The van der Waals surface area contributed by atoms with E-state index in [1.165, 1.54) is 10.6 Å². The first kappa shape index (κ1) is 21.6. The fraction of sp³-hybridized carbons (Fsp3) is 0.455. The van der Waals surface area contributed by atoms with Crippen LogP contribution in [0.5, 0.6) is 0 Å². The van der Waals surface area contributed by atoms with E-state index in [9.17, 15) is 18.0 Å². The number of furan rings is 1. The molecule has 0 spiro atoms. The second kappa shape index (κ2) is 9.23. The van der Waals surface area contributed by atoms with Gasteiger partial charge in [-0.05, 0) is 61.9 Å². The average molecular weight is 446 g/mol. The first-order valence-electron chi connectivity index (χ1n) is 10.7. The number of amides is 2. The lowest BCUT2D eigenvalue weighted by Gasteiger charge is -2.34. The van der Waals surface area contributed by atoms with Crippen LogP contribution in [0.25, 0.3) is 0 Å². The minimum Gasteiger partial charge on any atom is -0.459 e. The Hall–Kier alpha value is -2.65. The molecular formula is C22H27N3O5S. The number of rotatable bonds is 6. The van der Waals surface area contributed by atoms with Crippen LogP contribution in [0, 0.1) is 0 Å². The Morgan fingerprint density at radius 2 is 1.71 bits per heavy atom. The molecule has 1 aromatic heterocycles. The van der Waals surface area contributed by atoms with Crippen LogP contribution in [-0.4, -0.2) is 55.1 Å². The maximum Gasteiger partial charge on any atom is 0.290 e. The van der Waals surface area contributed by atoms with E-state index in [0.29, 0.717) is 26.1 Å². The van der Waals surface area contributed by atoms with Gasteiger partial charge in [-0.15, -0.1) is 0 Å². The van der Waals surface area contributed by atoms with E-state index in [1.54, 1.807) is 41.3 Å². The third-order valence-electron chi connectivity index (χ3n) is 5.89. The van der Waals surface area contributed by atoms with Crippen LogP contribution in [0.2, 0.25) is 0 Å². The molecule has 8 nitrogen and oxygen atoms in total. The van der Waals surface area contributed by atoms with Gasteiger partial charge in [-0.2, -0.15) is 4.31 Å². The Morgan fingerprint density at radius 1 is 1.00 bits per heavy atom. The zero-order valence-corrected chi connectivity index (χ0v) is 18.1. The van der Waals surface area contributed by atoms with Crippen LogP contribution < -0.4 is 5.32 Å². The molecule has 1 atom stereocenters. The number of hydrogen-bond acceptors (Lipinski definition) is 5. The summed E-state index contributed by atoms with van der Waals surface area (Å²) in [6.45, 7) is 1.91. The summed E-state index contributed by atoms with van der Waals surface area (Å²) in [5.41, 5.74) is 0.799. The van der Waals surface area contributed by atoms with Crippen LogP contribution in [0.1, 0.15) is 48.2 Å². The van der Waals surface area contributed by atoms with Crippen LogP contribution in [0.15, 0.2) is 52.0 Å². The van der Waals surface area contributed by atoms with E-state index in [0.717, 1.165) is 31.2 Å². The number of nitrogens with zero attached hydrogens (tertiary/aromatic N) is 2. The Morgan fingerprint density at radius 3 is 2.39 bits per heavy atom. The number of nitrogens with one attached hydrogen (secondary N) is 1. The smallest absolute Gasteiger partial charge is 0.290 e. The molecular weight excluding hydrogens is 418 g/mol. The monoisotopic (exact) mass is 445 g/mol. The first-order valence-corrected chi connectivity index (χ1v) is 12.1. The topological polar surface area (TPSA) is 99.9 Å². The quantitative estimate of drug-likeness (QED) is 0.736. The fourth-order valence-electron chi connectivity index (χ4n) is 4.15. The predicted octanol–water partition coefficient (Wildman–Crippen LogP) is 2.38. The lowest BCUT2D eigenvalue weighted by molar-refractivity contribution is -0.126. The van der Waals surface area contributed by atoms with Gasteiger partial charge < -0.3 is 14.6 Å². The van der Waals surface area contributed by atoms with Crippen molar-refractivity contribution in [2.45, 2.75) is 49.6 Å². The average Bonchev–Trinajstić information content (AvgIpc) is 3.52. The normalized spacial score (nSPS) is 20.0. The summed E-state index contributed by atoms with van der Waals surface area (Å²) in [5, 5.41) is 2.89. The molecule has 1 aromatic carbocycles. The van der Waals surface area contributed by atoms with Crippen molar-refractivity contribution < 1.29 is 22.4 Å². The third-order valence-corrected chi connectivity index (χ3v) is 7.80. The molecule has 4 rings (SSSR count). The molecule has 0 aliphatic carbocycles. The number of hydrogen-bond donors (Lipinski definition) is 1. The molecule has 2 aliphatic rings. The highest BCUT2D eigenvalue weighted by atomic mass is 32.2. The summed E-state index contributed by atoms with van der Waals surface area (Å²) in [6.07, 6.45) is 5.56. The maximum absolute atomic E-state index is 12.8. The maximum atomic E-state index is 12.8. The Kier molecular flexibility index (Phi) is 6.43. The lowest BCUT2D eigenvalue weighted by atomic mass is 10.0. The van der Waals surface area contributed by atoms with Crippen molar-refractivity contribution in [2.75, 3.05) is 19.6 Å². The fourth-order valence-corrected chi connectivity index (χ4v) is 5.67. The van der Waals surface area contributed by atoms with E-state index in [2.05, 4.69) is 5.32 Å². The number of piperidine rings is 1. The molecule has 2 amide bonds. The van der Waals surface area contributed by atoms with Crippen molar-refractivity contribution in [3.63, 3.8) is 0 Å². The summed E-state index contributed by atoms with van der Waals surface area (Å²) in [7, 11) is -3.45. The van der Waals surface area contributed by atoms with E-state index < -0.39 is 16.1 Å². The summed E-state index contributed by atoms with van der Waals surface area (Å²) in [5.74, 6) is -0.260. The number of sulfonamides is 1. The first-order chi connectivity index (χ1) is 15.0. The van der Waals surface area contributed by atoms with E-state index in [4.69, 9.17) is 4.42 Å². The summed E-state index contributed by atoms with van der Waals surface area (Å²) in [6, 6.07) is 9.32. The van der Waals surface area contributed by atoms with E-state index in [1.807, 2.05) is 0 Å².